The lowest BCUT2D eigenvalue weighted by atomic mass is 9.74. The van der Waals surface area contributed by atoms with Gasteiger partial charge in [0.05, 0.1) is 22.7 Å². The van der Waals surface area contributed by atoms with Crippen LogP contribution in [0.2, 0.25) is 0 Å². The molecular formula is C36H26N2. The van der Waals surface area contributed by atoms with Gasteiger partial charge in [-0.2, -0.15) is 5.26 Å². The minimum Gasteiger partial charge on any atom is -0.310 e. The summed E-state index contributed by atoms with van der Waals surface area (Å²) >= 11 is 0. The second kappa shape index (κ2) is 8.61. The number of benzene rings is 5. The van der Waals surface area contributed by atoms with Gasteiger partial charge in [-0.1, -0.05) is 104 Å². The quantitative estimate of drug-likeness (QED) is 0.245. The van der Waals surface area contributed by atoms with Gasteiger partial charge >= 0.3 is 0 Å². The maximum atomic E-state index is 9.26. The number of allylic oxidation sites excluding steroid dienone is 4. The molecule has 1 aliphatic rings. The van der Waals surface area contributed by atoms with E-state index in [1.807, 2.05) is 12.1 Å². The summed E-state index contributed by atoms with van der Waals surface area (Å²) in [4.78, 5) is 0. The lowest BCUT2D eigenvalue weighted by Crippen LogP contribution is -2.21. The molecule has 0 N–H and O–H groups in total. The molecular weight excluding hydrogens is 460 g/mol. The fourth-order valence-corrected chi connectivity index (χ4v) is 6.07. The Morgan fingerprint density at radius 3 is 2.03 bits per heavy atom. The Bertz CT molecular complexity index is 1900. The largest absolute Gasteiger partial charge is 0.310 e. The van der Waals surface area contributed by atoms with Crippen LogP contribution in [0.15, 0.2) is 127 Å². The Hall–Kier alpha value is -4.87. The maximum Gasteiger partial charge on any atom is 0.0991 e. The molecule has 0 saturated carbocycles. The van der Waals surface area contributed by atoms with E-state index in [0.717, 1.165) is 12.0 Å². The van der Waals surface area contributed by atoms with Gasteiger partial charge in [0.25, 0.3) is 0 Å². The smallest absolute Gasteiger partial charge is 0.0991 e. The summed E-state index contributed by atoms with van der Waals surface area (Å²) in [7, 11) is 0. The highest BCUT2D eigenvalue weighted by Crippen LogP contribution is 2.43. The molecule has 0 spiro atoms. The van der Waals surface area contributed by atoms with Gasteiger partial charge in [0, 0.05) is 21.9 Å². The first-order chi connectivity index (χ1) is 18.7. The van der Waals surface area contributed by atoms with E-state index in [0.29, 0.717) is 5.56 Å². The zero-order chi connectivity index (χ0) is 25.7. The summed E-state index contributed by atoms with van der Waals surface area (Å²) in [6, 6.07) is 40.7. The number of hydrogen-bond acceptors (Lipinski definition) is 1. The van der Waals surface area contributed by atoms with Crippen molar-refractivity contribution < 1.29 is 0 Å². The zero-order valence-electron chi connectivity index (χ0n) is 21.2. The van der Waals surface area contributed by atoms with E-state index in [1.54, 1.807) is 0 Å². The molecule has 1 aromatic heterocycles. The summed E-state index contributed by atoms with van der Waals surface area (Å²) in [6.07, 6.45) is 7.98. The lowest BCUT2D eigenvalue weighted by Gasteiger charge is -2.31. The molecule has 0 aliphatic heterocycles. The van der Waals surface area contributed by atoms with Crippen LogP contribution in [0.3, 0.4) is 0 Å². The average molecular weight is 487 g/mol. The number of para-hydroxylation sites is 2. The van der Waals surface area contributed by atoms with E-state index in [4.69, 9.17) is 0 Å². The second-order valence-electron chi connectivity index (χ2n) is 10.4. The summed E-state index contributed by atoms with van der Waals surface area (Å²) in [6.45, 7) is 2.34. The van der Waals surface area contributed by atoms with E-state index >= 15 is 0 Å². The maximum absolute atomic E-state index is 9.26. The van der Waals surface area contributed by atoms with Gasteiger partial charge in [-0.05, 0) is 64.2 Å². The van der Waals surface area contributed by atoms with Crippen molar-refractivity contribution in [3.8, 4) is 17.2 Å². The summed E-state index contributed by atoms with van der Waals surface area (Å²) in [5.74, 6) is 0. The normalized spacial score (nSPS) is 17.1. The van der Waals surface area contributed by atoms with Gasteiger partial charge in [-0.15, -0.1) is 0 Å². The first-order valence-corrected chi connectivity index (χ1v) is 13.1. The van der Waals surface area contributed by atoms with Crippen LogP contribution >= 0.6 is 0 Å². The van der Waals surface area contributed by atoms with Crippen molar-refractivity contribution in [2.45, 2.75) is 18.8 Å². The standard InChI is InChI=1S/C36H26N2/c1-36(32-13-7-9-27-8-6-12-29(35(27)32)26-18-16-25(24-37)17-19-26)22-20-28(21-23-36)38-33-14-4-2-10-30(33)31-11-3-5-15-34(31)38/h2-22H,23H2,1H3. The molecule has 1 heterocycles. The number of rotatable bonds is 3. The topological polar surface area (TPSA) is 28.7 Å². The Labute approximate surface area is 222 Å². The Balaban J connectivity index is 1.35. The summed E-state index contributed by atoms with van der Waals surface area (Å²) in [5, 5.41) is 14.3. The van der Waals surface area contributed by atoms with Crippen LogP contribution in [0.1, 0.15) is 24.5 Å². The second-order valence-corrected chi connectivity index (χ2v) is 10.4. The molecule has 7 rings (SSSR count). The third-order valence-corrected chi connectivity index (χ3v) is 8.04. The van der Waals surface area contributed by atoms with Crippen molar-refractivity contribution in [3.63, 3.8) is 0 Å². The van der Waals surface area contributed by atoms with Crippen LogP contribution in [-0.4, -0.2) is 4.57 Å². The van der Waals surface area contributed by atoms with Crippen LogP contribution in [0.5, 0.6) is 0 Å². The summed E-state index contributed by atoms with van der Waals surface area (Å²) in [5.41, 5.74) is 7.88. The fraction of sp³-hybridized carbons (Fsp3) is 0.0833. The molecule has 180 valence electrons. The van der Waals surface area contributed by atoms with Gasteiger partial charge in [-0.25, -0.2) is 0 Å². The lowest BCUT2D eigenvalue weighted by molar-refractivity contribution is 0.605. The van der Waals surface area contributed by atoms with Crippen molar-refractivity contribution in [1.29, 1.82) is 5.26 Å². The van der Waals surface area contributed by atoms with Gasteiger partial charge in [0.15, 0.2) is 0 Å². The molecule has 1 atom stereocenters. The highest BCUT2D eigenvalue weighted by molar-refractivity contribution is 6.10. The molecule has 2 nitrogen and oxygen atoms in total. The minimum absolute atomic E-state index is 0.148. The molecule has 6 aromatic rings. The Morgan fingerprint density at radius 1 is 0.737 bits per heavy atom. The van der Waals surface area contributed by atoms with Gasteiger partial charge in [-0.3, -0.25) is 0 Å². The van der Waals surface area contributed by atoms with E-state index in [-0.39, 0.29) is 5.41 Å². The molecule has 0 bridgehead atoms. The number of hydrogen-bond donors (Lipinski definition) is 0. The third kappa shape index (κ3) is 3.40. The van der Waals surface area contributed by atoms with Crippen molar-refractivity contribution in [2.24, 2.45) is 0 Å². The SMILES string of the molecule is CC1(c2cccc3cccc(-c4ccc(C#N)cc4)c23)C=CC(n2c3ccccc3c3ccccc32)=CC1. The monoisotopic (exact) mass is 486 g/mol. The summed E-state index contributed by atoms with van der Waals surface area (Å²) < 4.78 is 2.39. The molecule has 38 heavy (non-hydrogen) atoms. The van der Waals surface area contributed by atoms with E-state index in [2.05, 4.69) is 133 Å². The first kappa shape index (κ1) is 22.3. The predicted molar refractivity (Wildman–Crippen MR) is 159 cm³/mol. The van der Waals surface area contributed by atoms with Gasteiger partial charge in [0.1, 0.15) is 0 Å². The molecule has 0 saturated heterocycles. The van der Waals surface area contributed by atoms with E-state index in [9.17, 15) is 5.26 Å². The van der Waals surface area contributed by atoms with Crippen molar-refractivity contribution in [1.82, 2.24) is 4.57 Å². The fourth-order valence-electron chi connectivity index (χ4n) is 6.07. The number of fused-ring (bicyclic) bond motifs is 4. The van der Waals surface area contributed by atoms with Crippen LogP contribution in [0.4, 0.5) is 0 Å². The predicted octanol–water partition coefficient (Wildman–Crippen LogP) is 9.25. The Kier molecular flexibility index (Phi) is 5.06. The third-order valence-electron chi connectivity index (χ3n) is 8.04. The van der Waals surface area contributed by atoms with Crippen molar-refractivity contribution >= 4 is 38.3 Å². The average Bonchev–Trinajstić information content (AvgIpc) is 3.31. The van der Waals surface area contributed by atoms with E-state index < -0.39 is 0 Å². The number of nitriles is 1. The van der Waals surface area contributed by atoms with Crippen molar-refractivity contribution in [3.05, 3.63) is 139 Å². The first-order valence-electron chi connectivity index (χ1n) is 13.1. The minimum atomic E-state index is -0.148. The van der Waals surface area contributed by atoms with Gasteiger partial charge in [0.2, 0.25) is 0 Å². The molecule has 2 heteroatoms. The highest BCUT2D eigenvalue weighted by atomic mass is 15.0. The molecule has 1 aliphatic carbocycles. The van der Waals surface area contributed by atoms with Gasteiger partial charge < -0.3 is 4.57 Å². The Morgan fingerprint density at radius 2 is 1.39 bits per heavy atom. The molecule has 0 amide bonds. The van der Waals surface area contributed by atoms with E-state index in [1.165, 1.54) is 49.4 Å². The van der Waals surface area contributed by atoms with Crippen LogP contribution in [0.25, 0.3) is 49.4 Å². The molecule has 1 unspecified atom stereocenters. The van der Waals surface area contributed by atoms with Crippen molar-refractivity contribution in [2.75, 3.05) is 0 Å². The van der Waals surface area contributed by atoms with Crippen LogP contribution < -0.4 is 0 Å². The zero-order valence-corrected chi connectivity index (χ0v) is 21.2. The van der Waals surface area contributed by atoms with Crippen LogP contribution in [0, 0.1) is 11.3 Å². The van der Waals surface area contributed by atoms with Crippen LogP contribution in [-0.2, 0) is 5.41 Å². The molecule has 0 fully saturated rings. The molecule has 0 radical (unpaired) electrons. The number of aromatic nitrogens is 1. The highest BCUT2D eigenvalue weighted by Gasteiger charge is 2.28. The molecule has 5 aromatic carbocycles. The number of nitrogens with zero attached hydrogens (tertiary/aromatic N) is 2.